The van der Waals surface area contributed by atoms with Crippen molar-refractivity contribution < 1.29 is 9.53 Å². The highest BCUT2D eigenvalue weighted by Gasteiger charge is 2.16. The van der Waals surface area contributed by atoms with Crippen molar-refractivity contribution in [2.45, 2.75) is 19.3 Å². The van der Waals surface area contributed by atoms with Crippen molar-refractivity contribution in [2.24, 2.45) is 5.92 Å². The molecular weight excluding hydrogens is 240 g/mol. The topological polar surface area (TPSA) is 64.3 Å². The summed E-state index contributed by atoms with van der Waals surface area (Å²) in [5.74, 6) is 0.850. The molecule has 19 heavy (non-hydrogen) atoms. The second kappa shape index (κ2) is 6.27. The molecule has 3 N–H and O–H groups in total. The number of amides is 1. The van der Waals surface area contributed by atoms with Gasteiger partial charge in [0.05, 0.1) is 18.4 Å². The van der Waals surface area contributed by atoms with Crippen molar-refractivity contribution in [1.29, 1.82) is 0 Å². The highest BCUT2D eigenvalue weighted by Crippen LogP contribution is 2.26. The van der Waals surface area contributed by atoms with Crippen LogP contribution in [-0.4, -0.2) is 19.6 Å². The van der Waals surface area contributed by atoms with E-state index in [9.17, 15) is 4.79 Å². The Bertz CT molecular complexity index is 483. The summed E-state index contributed by atoms with van der Waals surface area (Å²) >= 11 is 0. The fraction of sp³-hybridized carbons (Fsp3) is 0.400. The van der Waals surface area contributed by atoms with Gasteiger partial charge in [0, 0.05) is 6.54 Å². The van der Waals surface area contributed by atoms with Crippen molar-refractivity contribution in [3.05, 3.63) is 35.9 Å². The number of nitrogens with two attached hydrogens (primary N) is 1. The molecule has 1 unspecified atom stereocenters. The first-order valence-electron chi connectivity index (χ1n) is 6.58. The SMILES string of the molecule is COc1c(N)cccc1C(=O)NCC1CC=CCC1. The number of hydrogen-bond donors (Lipinski definition) is 2. The number of benzene rings is 1. The van der Waals surface area contributed by atoms with Gasteiger partial charge in [-0.2, -0.15) is 0 Å². The molecule has 1 aromatic rings. The van der Waals surface area contributed by atoms with E-state index in [0.717, 1.165) is 19.3 Å². The Hall–Kier alpha value is -1.97. The number of anilines is 1. The van der Waals surface area contributed by atoms with E-state index in [2.05, 4.69) is 17.5 Å². The lowest BCUT2D eigenvalue weighted by atomic mass is 9.94. The van der Waals surface area contributed by atoms with Gasteiger partial charge >= 0.3 is 0 Å². The van der Waals surface area contributed by atoms with E-state index >= 15 is 0 Å². The van der Waals surface area contributed by atoms with E-state index in [-0.39, 0.29) is 5.91 Å². The van der Waals surface area contributed by atoms with E-state index in [1.807, 2.05) is 0 Å². The maximum atomic E-state index is 12.2. The fourth-order valence-electron chi connectivity index (χ4n) is 2.34. The van der Waals surface area contributed by atoms with Gasteiger partial charge in [-0.3, -0.25) is 4.79 Å². The summed E-state index contributed by atoms with van der Waals surface area (Å²) in [5, 5.41) is 2.96. The molecule has 0 fully saturated rings. The Morgan fingerprint density at radius 2 is 2.32 bits per heavy atom. The van der Waals surface area contributed by atoms with Crippen LogP contribution in [0.15, 0.2) is 30.4 Å². The molecule has 0 aromatic heterocycles. The van der Waals surface area contributed by atoms with E-state index < -0.39 is 0 Å². The van der Waals surface area contributed by atoms with E-state index in [4.69, 9.17) is 10.5 Å². The smallest absolute Gasteiger partial charge is 0.255 e. The molecule has 0 saturated heterocycles. The summed E-state index contributed by atoms with van der Waals surface area (Å²) in [7, 11) is 1.52. The summed E-state index contributed by atoms with van der Waals surface area (Å²) in [6.07, 6.45) is 7.64. The second-order valence-corrected chi connectivity index (χ2v) is 4.79. The largest absolute Gasteiger partial charge is 0.494 e. The number of carbonyl (C=O) groups is 1. The number of hydrogen-bond acceptors (Lipinski definition) is 3. The number of carbonyl (C=O) groups excluding carboxylic acids is 1. The van der Waals surface area contributed by atoms with Crippen LogP contribution in [0.3, 0.4) is 0 Å². The fourth-order valence-corrected chi connectivity index (χ4v) is 2.34. The molecule has 0 bridgehead atoms. The molecule has 0 radical (unpaired) electrons. The Labute approximate surface area is 113 Å². The minimum absolute atomic E-state index is 0.126. The Kier molecular flexibility index (Phi) is 4.44. The first-order valence-corrected chi connectivity index (χ1v) is 6.58. The zero-order valence-corrected chi connectivity index (χ0v) is 11.2. The third-order valence-corrected chi connectivity index (χ3v) is 3.42. The van der Waals surface area contributed by atoms with Gasteiger partial charge in [0.25, 0.3) is 5.91 Å². The van der Waals surface area contributed by atoms with Gasteiger partial charge in [-0.15, -0.1) is 0 Å². The number of allylic oxidation sites excluding steroid dienone is 2. The number of para-hydroxylation sites is 1. The zero-order valence-electron chi connectivity index (χ0n) is 11.2. The molecule has 4 heteroatoms. The van der Waals surface area contributed by atoms with Crippen LogP contribution < -0.4 is 15.8 Å². The third-order valence-electron chi connectivity index (χ3n) is 3.42. The lowest BCUT2D eigenvalue weighted by Crippen LogP contribution is -2.30. The molecule has 1 amide bonds. The molecule has 0 saturated carbocycles. The maximum Gasteiger partial charge on any atom is 0.255 e. The molecule has 2 rings (SSSR count). The van der Waals surface area contributed by atoms with Crippen LogP contribution in [0.5, 0.6) is 5.75 Å². The molecule has 0 spiro atoms. The monoisotopic (exact) mass is 260 g/mol. The normalized spacial score (nSPS) is 18.1. The standard InChI is InChI=1S/C15H20N2O2/c1-19-14-12(8-5-9-13(14)16)15(18)17-10-11-6-3-2-4-7-11/h2-3,5,8-9,11H,4,6-7,10,16H2,1H3,(H,17,18). The number of nitrogens with one attached hydrogen (secondary N) is 1. The Morgan fingerprint density at radius 3 is 3.00 bits per heavy atom. The third kappa shape index (κ3) is 3.28. The van der Waals surface area contributed by atoms with Crippen LogP contribution in [0, 0.1) is 5.92 Å². The highest BCUT2D eigenvalue weighted by atomic mass is 16.5. The summed E-state index contributed by atoms with van der Waals surface area (Å²) in [6, 6.07) is 5.21. The van der Waals surface area contributed by atoms with Gasteiger partial charge in [-0.25, -0.2) is 0 Å². The van der Waals surface area contributed by atoms with E-state index in [0.29, 0.717) is 29.5 Å². The lowest BCUT2D eigenvalue weighted by molar-refractivity contribution is 0.0943. The number of nitrogen functional groups attached to an aromatic ring is 1. The Balaban J connectivity index is 1.99. The molecule has 1 aliphatic carbocycles. The van der Waals surface area contributed by atoms with Crippen LogP contribution in [0.2, 0.25) is 0 Å². The van der Waals surface area contributed by atoms with Crippen molar-refractivity contribution >= 4 is 11.6 Å². The number of ether oxygens (including phenoxy) is 1. The summed E-state index contributed by atoms with van der Waals surface area (Å²) in [6.45, 7) is 0.696. The summed E-state index contributed by atoms with van der Waals surface area (Å²) < 4.78 is 5.19. The highest BCUT2D eigenvalue weighted by molar-refractivity contribution is 5.98. The maximum absolute atomic E-state index is 12.2. The summed E-state index contributed by atoms with van der Waals surface area (Å²) in [5.41, 5.74) is 6.77. The first kappa shape index (κ1) is 13.5. The molecule has 102 valence electrons. The van der Waals surface area contributed by atoms with Gasteiger partial charge < -0.3 is 15.8 Å². The van der Waals surface area contributed by atoms with Gasteiger partial charge in [0.1, 0.15) is 0 Å². The number of rotatable bonds is 4. The van der Waals surface area contributed by atoms with Gasteiger partial charge in [-0.05, 0) is 37.3 Å². The second-order valence-electron chi connectivity index (χ2n) is 4.79. The van der Waals surface area contributed by atoms with E-state index in [1.165, 1.54) is 7.11 Å². The first-order chi connectivity index (χ1) is 9.22. The quantitative estimate of drug-likeness (QED) is 0.645. The van der Waals surface area contributed by atoms with Gasteiger partial charge in [0.2, 0.25) is 0 Å². The van der Waals surface area contributed by atoms with Gasteiger partial charge in [0.15, 0.2) is 5.75 Å². The van der Waals surface area contributed by atoms with Crippen molar-refractivity contribution in [2.75, 3.05) is 19.4 Å². The number of methoxy groups -OCH3 is 1. The molecule has 1 atom stereocenters. The van der Waals surface area contributed by atoms with Gasteiger partial charge in [-0.1, -0.05) is 18.2 Å². The van der Waals surface area contributed by atoms with Crippen LogP contribution in [0.25, 0.3) is 0 Å². The van der Waals surface area contributed by atoms with Crippen molar-refractivity contribution in [3.63, 3.8) is 0 Å². The Morgan fingerprint density at radius 1 is 1.47 bits per heavy atom. The predicted octanol–water partition coefficient (Wildman–Crippen LogP) is 2.36. The van der Waals surface area contributed by atoms with Crippen LogP contribution in [0.4, 0.5) is 5.69 Å². The molecule has 4 nitrogen and oxygen atoms in total. The predicted molar refractivity (Wildman–Crippen MR) is 76.2 cm³/mol. The van der Waals surface area contributed by atoms with Crippen molar-refractivity contribution in [1.82, 2.24) is 5.32 Å². The van der Waals surface area contributed by atoms with Crippen LogP contribution >= 0.6 is 0 Å². The summed E-state index contributed by atoms with van der Waals surface area (Å²) in [4.78, 5) is 12.2. The molecule has 0 aliphatic heterocycles. The average molecular weight is 260 g/mol. The van der Waals surface area contributed by atoms with Crippen LogP contribution in [-0.2, 0) is 0 Å². The minimum Gasteiger partial charge on any atom is -0.494 e. The zero-order chi connectivity index (χ0) is 13.7. The molecule has 0 heterocycles. The minimum atomic E-state index is -0.126. The van der Waals surface area contributed by atoms with E-state index in [1.54, 1.807) is 18.2 Å². The van der Waals surface area contributed by atoms with Crippen molar-refractivity contribution in [3.8, 4) is 5.75 Å². The van der Waals surface area contributed by atoms with Crippen LogP contribution in [0.1, 0.15) is 29.6 Å². The molecular formula is C15H20N2O2. The average Bonchev–Trinajstić information content (AvgIpc) is 2.45. The molecule has 1 aromatic carbocycles. The molecule has 1 aliphatic rings. The lowest BCUT2D eigenvalue weighted by Gasteiger charge is -2.18.